The molecule has 1 heterocycles. The van der Waals surface area contributed by atoms with Crippen LogP contribution in [0.15, 0.2) is 22.8 Å². The molecule has 142 valence electrons. The highest BCUT2D eigenvalue weighted by Gasteiger charge is 2.13. The number of ether oxygens (including phenoxy) is 1. The zero-order chi connectivity index (χ0) is 19.1. The largest absolute Gasteiger partial charge is 0.469 e. The molecule has 0 aliphatic heterocycles. The minimum atomic E-state index is -0.183. The lowest BCUT2D eigenvalue weighted by molar-refractivity contribution is -0.140. The Labute approximate surface area is 155 Å². The summed E-state index contributed by atoms with van der Waals surface area (Å²) in [5, 5.41) is 3.96. The maximum absolute atomic E-state index is 12.2. The molecule has 1 N–H and O–H groups in total. The molecule has 2 rings (SSSR count). The first-order chi connectivity index (χ1) is 12.4. The SMILES string of the molecule is COC(=O)CCCCCNC(=O)Cc1coc2cc(C)c(C(C)C)cc12. The Bertz CT molecular complexity index is 761. The number of carbonyl (C=O) groups excluding carboxylic acids is 2. The van der Waals surface area contributed by atoms with Crippen molar-refractivity contribution in [2.24, 2.45) is 0 Å². The number of furan rings is 1. The van der Waals surface area contributed by atoms with Crippen LogP contribution in [-0.4, -0.2) is 25.5 Å². The van der Waals surface area contributed by atoms with E-state index in [9.17, 15) is 9.59 Å². The van der Waals surface area contributed by atoms with E-state index < -0.39 is 0 Å². The molecule has 2 aromatic rings. The van der Waals surface area contributed by atoms with Crippen molar-refractivity contribution in [3.8, 4) is 0 Å². The molecule has 1 amide bonds. The van der Waals surface area contributed by atoms with Crippen molar-refractivity contribution in [3.05, 3.63) is 35.1 Å². The Morgan fingerprint density at radius 3 is 2.65 bits per heavy atom. The Kier molecular flexibility index (Phi) is 7.25. The molecular formula is C21H29NO4. The summed E-state index contributed by atoms with van der Waals surface area (Å²) >= 11 is 0. The highest BCUT2D eigenvalue weighted by atomic mass is 16.5. The van der Waals surface area contributed by atoms with Gasteiger partial charge in [0, 0.05) is 23.9 Å². The number of esters is 1. The van der Waals surface area contributed by atoms with Crippen molar-refractivity contribution in [1.29, 1.82) is 0 Å². The molecule has 0 atom stereocenters. The van der Waals surface area contributed by atoms with Gasteiger partial charge >= 0.3 is 5.97 Å². The summed E-state index contributed by atoms with van der Waals surface area (Å²) in [6.07, 6.45) is 4.96. The Morgan fingerprint density at radius 2 is 1.96 bits per heavy atom. The molecule has 0 aliphatic carbocycles. The summed E-state index contributed by atoms with van der Waals surface area (Å²) in [5.41, 5.74) is 4.25. The van der Waals surface area contributed by atoms with Gasteiger partial charge in [-0.25, -0.2) is 0 Å². The third-order valence-electron chi connectivity index (χ3n) is 4.62. The second kappa shape index (κ2) is 9.41. The number of aryl methyl sites for hydroxylation is 1. The van der Waals surface area contributed by atoms with E-state index in [2.05, 4.69) is 36.9 Å². The summed E-state index contributed by atoms with van der Waals surface area (Å²) in [5.74, 6) is 0.241. The topological polar surface area (TPSA) is 68.5 Å². The van der Waals surface area contributed by atoms with E-state index in [0.29, 0.717) is 25.3 Å². The van der Waals surface area contributed by atoms with Gasteiger partial charge in [-0.05, 0) is 48.9 Å². The monoisotopic (exact) mass is 359 g/mol. The minimum absolute atomic E-state index is 0.00709. The molecule has 1 aromatic carbocycles. The molecule has 5 nitrogen and oxygen atoms in total. The van der Waals surface area contributed by atoms with E-state index in [0.717, 1.165) is 35.8 Å². The fraction of sp³-hybridized carbons (Fsp3) is 0.524. The van der Waals surface area contributed by atoms with E-state index >= 15 is 0 Å². The first kappa shape index (κ1) is 20.0. The first-order valence-corrected chi connectivity index (χ1v) is 9.26. The molecule has 0 spiro atoms. The van der Waals surface area contributed by atoms with Crippen LogP contribution < -0.4 is 5.32 Å². The van der Waals surface area contributed by atoms with Gasteiger partial charge in [-0.15, -0.1) is 0 Å². The summed E-state index contributed by atoms with van der Waals surface area (Å²) in [7, 11) is 1.40. The zero-order valence-electron chi connectivity index (χ0n) is 16.2. The van der Waals surface area contributed by atoms with Crippen LogP contribution in [0.2, 0.25) is 0 Å². The number of nitrogens with one attached hydrogen (secondary N) is 1. The predicted octanol–water partition coefficient (Wildman–Crippen LogP) is 4.26. The molecule has 0 saturated heterocycles. The van der Waals surface area contributed by atoms with Crippen molar-refractivity contribution in [1.82, 2.24) is 5.32 Å². The maximum Gasteiger partial charge on any atom is 0.305 e. The third kappa shape index (κ3) is 5.35. The number of amides is 1. The van der Waals surface area contributed by atoms with Crippen molar-refractivity contribution in [3.63, 3.8) is 0 Å². The molecule has 1 aromatic heterocycles. The molecular weight excluding hydrogens is 330 g/mol. The van der Waals surface area contributed by atoms with Gasteiger partial charge in [0.2, 0.25) is 5.91 Å². The number of carbonyl (C=O) groups is 2. The van der Waals surface area contributed by atoms with Crippen LogP contribution in [0.5, 0.6) is 0 Å². The molecule has 0 unspecified atom stereocenters. The van der Waals surface area contributed by atoms with Gasteiger partial charge in [0.1, 0.15) is 5.58 Å². The second-order valence-electron chi connectivity index (χ2n) is 7.03. The average molecular weight is 359 g/mol. The highest BCUT2D eigenvalue weighted by molar-refractivity contribution is 5.88. The molecule has 0 fully saturated rings. The Hall–Kier alpha value is -2.30. The van der Waals surface area contributed by atoms with Crippen LogP contribution in [0.1, 0.15) is 62.1 Å². The molecule has 0 saturated carbocycles. The molecule has 26 heavy (non-hydrogen) atoms. The van der Waals surface area contributed by atoms with Gasteiger partial charge in [-0.3, -0.25) is 9.59 Å². The number of rotatable bonds is 9. The normalized spacial score (nSPS) is 11.1. The van der Waals surface area contributed by atoms with E-state index in [1.165, 1.54) is 18.2 Å². The van der Waals surface area contributed by atoms with E-state index in [-0.39, 0.29) is 11.9 Å². The smallest absolute Gasteiger partial charge is 0.305 e. The summed E-state index contributed by atoms with van der Waals surface area (Å²) < 4.78 is 10.2. The van der Waals surface area contributed by atoms with Crippen LogP contribution in [0.3, 0.4) is 0 Å². The van der Waals surface area contributed by atoms with Gasteiger partial charge in [0.15, 0.2) is 0 Å². The van der Waals surface area contributed by atoms with Gasteiger partial charge in [0.05, 0.1) is 19.8 Å². The van der Waals surface area contributed by atoms with E-state index in [4.69, 9.17) is 4.42 Å². The summed E-state index contributed by atoms with van der Waals surface area (Å²) in [6, 6.07) is 4.20. The van der Waals surface area contributed by atoms with Crippen LogP contribution >= 0.6 is 0 Å². The standard InChI is InChI=1S/C21H29NO4/c1-14(2)17-12-18-16(13-26-19(18)10-15(17)3)11-20(23)22-9-7-5-6-8-21(24)25-4/h10,12-14H,5-9,11H2,1-4H3,(H,22,23). The quantitative estimate of drug-likeness (QED) is 0.537. The van der Waals surface area contributed by atoms with Gasteiger partial charge in [-0.2, -0.15) is 0 Å². The van der Waals surface area contributed by atoms with Crippen molar-refractivity contribution in [2.45, 2.75) is 58.8 Å². The summed E-state index contributed by atoms with van der Waals surface area (Å²) in [4.78, 5) is 23.2. The van der Waals surface area contributed by atoms with Crippen LogP contribution in [-0.2, 0) is 20.7 Å². The Morgan fingerprint density at radius 1 is 1.19 bits per heavy atom. The number of fused-ring (bicyclic) bond motifs is 1. The van der Waals surface area contributed by atoms with Gasteiger partial charge in [0.25, 0.3) is 0 Å². The fourth-order valence-electron chi connectivity index (χ4n) is 3.14. The lowest BCUT2D eigenvalue weighted by Crippen LogP contribution is -2.26. The van der Waals surface area contributed by atoms with E-state index in [1.54, 1.807) is 6.26 Å². The summed E-state index contributed by atoms with van der Waals surface area (Å²) in [6.45, 7) is 7.04. The molecule has 0 radical (unpaired) electrons. The molecule has 0 aliphatic rings. The lowest BCUT2D eigenvalue weighted by Gasteiger charge is -2.10. The number of unbranched alkanes of at least 4 members (excludes halogenated alkanes) is 2. The lowest BCUT2D eigenvalue weighted by atomic mass is 9.95. The van der Waals surface area contributed by atoms with E-state index in [1.807, 2.05) is 6.07 Å². The third-order valence-corrected chi connectivity index (χ3v) is 4.62. The second-order valence-corrected chi connectivity index (χ2v) is 7.03. The first-order valence-electron chi connectivity index (χ1n) is 9.26. The van der Waals surface area contributed by atoms with Crippen LogP contribution in [0, 0.1) is 6.92 Å². The average Bonchev–Trinajstić information content (AvgIpc) is 2.98. The Balaban J connectivity index is 1.85. The van der Waals surface area contributed by atoms with Crippen LogP contribution in [0.25, 0.3) is 11.0 Å². The maximum atomic E-state index is 12.2. The number of hydrogen-bond donors (Lipinski definition) is 1. The number of hydrogen-bond acceptors (Lipinski definition) is 4. The fourth-order valence-corrected chi connectivity index (χ4v) is 3.14. The van der Waals surface area contributed by atoms with Gasteiger partial charge < -0.3 is 14.5 Å². The minimum Gasteiger partial charge on any atom is -0.469 e. The predicted molar refractivity (Wildman–Crippen MR) is 102 cm³/mol. The molecule has 5 heteroatoms. The number of benzene rings is 1. The molecule has 0 bridgehead atoms. The zero-order valence-corrected chi connectivity index (χ0v) is 16.2. The van der Waals surface area contributed by atoms with Crippen molar-refractivity contribution in [2.75, 3.05) is 13.7 Å². The van der Waals surface area contributed by atoms with Crippen LogP contribution in [0.4, 0.5) is 0 Å². The number of methoxy groups -OCH3 is 1. The van der Waals surface area contributed by atoms with Crippen molar-refractivity contribution >= 4 is 22.8 Å². The van der Waals surface area contributed by atoms with Crippen molar-refractivity contribution < 1.29 is 18.7 Å². The highest BCUT2D eigenvalue weighted by Crippen LogP contribution is 2.29. The van der Waals surface area contributed by atoms with Gasteiger partial charge in [-0.1, -0.05) is 20.3 Å².